The van der Waals surface area contributed by atoms with Crippen molar-refractivity contribution in [3.63, 3.8) is 0 Å². The third kappa shape index (κ3) is 4.12. The minimum atomic E-state index is -0.446. The first-order chi connectivity index (χ1) is 14.0. The molecule has 0 aliphatic rings. The van der Waals surface area contributed by atoms with E-state index in [2.05, 4.69) is 30.6 Å². The Bertz CT molecular complexity index is 1230. The summed E-state index contributed by atoms with van der Waals surface area (Å²) in [5.41, 5.74) is 1.68. The average molecular weight is 409 g/mol. The lowest BCUT2D eigenvalue weighted by Crippen LogP contribution is -2.10. The maximum absolute atomic E-state index is 14.4. The molecule has 29 heavy (non-hydrogen) atoms. The standard InChI is InChI=1S/C20H14ClFN6O/c1-11(29)25-20-24-8-6-18(28-20)26-16-10-17(14-9-12(21)4-5-15(14)22)27-19-13(16)3-2-7-23-19/h2-10H,1H3,(H2,23,24,25,26,27,28,29). The summed E-state index contributed by atoms with van der Waals surface area (Å²) in [4.78, 5) is 28.3. The maximum atomic E-state index is 14.4. The molecule has 0 spiro atoms. The molecule has 0 radical (unpaired) electrons. The summed E-state index contributed by atoms with van der Waals surface area (Å²) < 4.78 is 14.4. The molecule has 9 heteroatoms. The molecule has 1 aromatic carbocycles. The highest BCUT2D eigenvalue weighted by Crippen LogP contribution is 2.31. The number of anilines is 3. The highest BCUT2D eigenvalue weighted by atomic mass is 35.5. The second kappa shape index (κ2) is 7.76. The van der Waals surface area contributed by atoms with Gasteiger partial charge in [0.05, 0.1) is 11.4 Å². The van der Waals surface area contributed by atoms with Gasteiger partial charge in [-0.1, -0.05) is 11.6 Å². The third-order valence-electron chi connectivity index (χ3n) is 3.99. The molecule has 4 rings (SSSR count). The minimum Gasteiger partial charge on any atom is -0.339 e. The van der Waals surface area contributed by atoms with Crippen molar-refractivity contribution in [2.45, 2.75) is 6.92 Å². The molecule has 0 aliphatic carbocycles. The number of halogens is 2. The first-order valence-electron chi connectivity index (χ1n) is 8.58. The van der Waals surface area contributed by atoms with Gasteiger partial charge in [0.2, 0.25) is 11.9 Å². The minimum absolute atomic E-state index is 0.167. The summed E-state index contributed by atoms with van der Waals surface area (Å²) in [6, 6.07) is 11.2. The Labute approximate surface area is 170 Å². The van der Waals surface area contributed by atoms with Crippen LogP contribution in [-0.4, -0.2) is 25.8 Å². The van der Waals surface area contributed by atoms with E-state index in [1.807, 2.05) is 6.07 Å². The summed E-state index contributed by atoms with van der Waals surface area (Å²) in [6.07, 6.45) is 3.12. The highest BCUT2D eigenvalue weighted by Gasteiger charge is 2.13. The molecular formula is C20H14ClFN6O. The van der Waals surface area contributed by atoms with E-state index in [0.29, 0.717) is 27.9 Å². The summed E-state index contributed by atoms with van der Waals surface area (Å²) in [6.45, 7) is 1.37. The molecule has 144 valence electrons. The zero-order valence-corrected chi connectivity index (χ0v) is 15.9. The topological polar surface area (TPSA) is 92.7 Å². The van der Waals surface area contributed by atoms with Crippen LogP contribution in [0.1, 0.15) is 6.92 Å². The predicted molar refractivity (Wildman–Crippen MR) is 110 cm³/mol. The average Bonchev–Trinajstić information content (AvgIpc) is 2.69. The van der Waals surface area contributed by atoms with Crippen molar-refractivity contribution in [2.75, 3.05) is 10.6 Å². The number of fused-ring (bicyclic) bond motifs is 1. The number of benzene rings is 1. The number of pyridine rings is 2. The summed E-state index contributed by atoms with van der Waals surface area (Å²) in [5, 5.41) is 6.81. The number of amides is 1. The lowest BCUT2D eigenvalue weighted by atomic mass is 10.1. The van der Waals surface area contributed by atoms with E-state index in [1.54, 1.807) is 24.4 Å². The molecule has 0 saturated heterocycles. The predicted octanol–water partition coefficient (Wildman–Crippen LogP) is 4.58. The van der Waals surface area contributed by atoms with E-state index in [0.717, 1.165) is 5.39 Å². The van der Waals surface area contributed by atoms with Gasteiger partial charge in [-0.2, -0.15) is 4.98 Å². The molecule has 1 amide bonds. The van der Waals surface area contributed by atoms with Gasteiger partial charge in [-0.25, -0.2) is 19.3 Å². The van der Waals surface area contributed by atoms with Crippen molar-refractivity contribution in [3.8, 4) is 11.3 Å². The molecule has 2 N–H and O–H groups in total. The van der Waals surface area contributed by atoms with E-state index < -0.39 is 5.82 Å². The van der Waals surface area contributed by atoms with Gasteiger partial charge in [0, 0.05) is 35.3 Å². The van der Waals surface area contributed by atoms with Crippen LogP contribution < -0.4 is 10.6 Å². The number of hydrogen-bond acceptors (Lipinski definition) is 6. The van der Waals surface area contributed by atoms with Gasteiger partial charge in [0.15, 0.2) is 5.65 Å². The largest absolute Gasteiger partial charge is 0.339 e. The number of aromatic nitrogens is 4. The van der Waals surface area contributed by atoms with Gasteiger partial charge in [0.25, 0.3) is 0 Å². The summed E-state index contributed by atoms with van der Waals surface area (Å²) in [5.74, 6) is -0.116. The molecule has 3 heterocycles. The fourth-order valence-corrected chi connectivity index (χ4v) is 2.95. The molecule has 3 aromatic heterocycles. The monoisotopic (exact) mass is 408 g/mol. The highest BCUT2D eigenvalue weighted by molar-refractivity contribution is 6.30. The van der Waals surface area contributed by atoms with Crippen LogP contribution >= 0.6 is 11.6 Å². The van der Waals surface area contributed by atoms with Crippen LogP contribution in [0.4, 0.5) is 21.8 Å². The number of rotatable bonds is 4. The van der Waals surface area contributed by atoms with E-state index in [1.165, 1.54) is 31.3 Å². The Morgan fingerprint density at radius 3 is 2.76 bits per heavy atom. The van der Waals surface area contributed by atoms with E-state index in [9.17, 15) is 9.18 Å². The van der Waals surface area contributed by atoms with Crippen LogP contribution in [0.2, 0.25) is 5.02 Å². The first-order valence-corrected chi connectivity index (χ1v) is 8.96. The van der Waals surface area contributed by atoms with Gasteiger partial charge >= 0.3 is 0 Å². The van der Waals surface area contributed by atoms with Crippen LogP contribution in [0.5, 0.6) is 0 Å². The number of hydrogen-bond donors (Lipinski definition) is 2. The van der Waals surface area contributed by atoms with Gasteiger partial charge in [-0.3, -0.25) is 10.1 Å². The fourth-order valence-electron chi connectivity index (χ4n) is 2.78. The number of carbonyl (C=O) groups is 1. The van der Waals surface area contributed by atoms with E-state index >= 15 is 0 Å². The third-order valence-corrected chi connectivity index (χ3v) is 4.23. The molecule has 0 bridgehead atoms. The van der Waals surface area contributed by atoms with Crippen molar-refractivity contribution in [2.24, 2.45) is 0 Å². The lowest BCUT2D eigenvalue weighted by Gasteiger charge is -2.12. The van der Waals surface area contributed by atoms with Crippen molar-refractivity contribution < 1.29 is 9.18 Å². The van der Waals surface area contributed by atoms with Gasteiger partial charge in [0.1, 0.15) is 11.6 Å². The molecule has 0 fully saturated rings. The zero-order chi connectivity index (χ0) is 20.4. The van der Waals surface area contributed by atoms with Crippen molar-refractivity contribution in [1.29, 1.82) is 0 Å². The number of nitrogens with one attached hydrogen (secondary N) is 2. The Hall–Kier alpha value is -3.65. The quantitative estimate of drug-likeness (QED) is 0.513. The van der Waals surface area contributed by atoms with Gasteiger partial charge in [-0.15, -0.1) is 0 Å². The fraction of sp³-hybridized carbons (Fsp3) is 0.0500. The summed E-state index contributed by atoms with van der Waals surface area (Å²) in [7, 11) is 0. The number of nitrogens with zero attached hydrogens (tertiary/aromatic N) is 4. The first kappa shape index (κ1) is 18.7. The smallest absolute Gasteiger partial charge is 0.231 e. The normalized spacial score (nSPS) is 10.7. The SMILES string of the molecule is CC(=O)Nc1nccc(Nc2cc(-c3cc(Cl)ccc3F)nc3ncccc23)n1. The molecule has 0 aliphatic heterocycles. The lowest BCUT2D eigenvalue weighted by molar-refractivity contribution is -0.114. The second-order valence-corrected chi connectivity index (χ2v) is 6.56. The van der Waals surface area contributed by atoms with Crippen LogP contribution in [0.15, 0.2) is 54.9 Å². The Kier molecular flexibility index (Phi) is 5.01. The Morgan fingerprint density at radius 1 is 1.07 bits per heavy atom. The molecule has 0 atom stereocenters. The summed E-state index contributed by atoms with van der Waals surface area (Å²) >= 11 is 6.04. The zero-order valence-electron chi connectivity index (χ0n) is 15.1. The van der Waals surface area contributed by atoms with Crippen LogP contribution in [0.25, 0.3) is 22.3 Å². The maximum Gasteiger partial charge on any atom is 0.231 e. The Morgan fingerprint density at radius 2 is 1.93 bits per heavy atom. The molecule has 4 aromatic rings. The van der Waals surface area contributed by atoms with E-state index in [-0.39, 0.29) is 17.4 Å². The molecule has 7 nitrogen and oxygen atoms in total. The van der Waals surface area contributed by atoms with Gasteiger partial charge < -0.3 is 5.32 Å². The van der Waals surface area contributed by atoms with Crippen LogP contribution in [0, 0.1) is 5.82 Å². The van der Waals surface area contributed by atoms with Gasteiger partial charge in [-0.05, 0) is 42.5 Å². The second-order valence-electron chi connectivity index (χ2n) is 6.13. The number of carbonyl (C=O) groups excluding carboxylic acids is 1. The van der Waals surface area contributed by atoms with Crippen LogP contribution in [-0.2, 0) is 4.79 Å². The van der Waals surface area contributed by atoms with Crippen molar-refractivity contribution in [3.05, 3.63) is 65.7 Å². The Balaban J connectivity index is 1.81. The van der Waals surface area contributed by atoms with Crippen LogP contribution in [0.3, 0.4) is 0 Å². The molecular weight excluding hydrogens is 395 g/mol. The van der Waals surface area contributed by atoms with Crippen molar-refractivity contribution >= 4 is 46.0 Å². The van der Waals surface area contributed by atoms with E-state index in [4.69, 9.17) is 11.6 Å². The molecule has 0 unspecified atom stereocenters. The molecule has 0 saturated carbocycles. The van der Waals surface area contributed by atoms with Crippen molar-refractivity contribution in [1.82, 2.24) is 19.9 Å².